The summed E-state index contributed by atoms with van der Waals surface area (Å²) in [6.45, 7) is 3.49. The van der Waals surface area contributed by atoms with E-state index >= 15 is 0 Å². The van der Waals surface area contributed by atoms with Crippen LogP contribution in [-0.2, 0) is 4.74 Å². The quantitative estimate of drug-likeness (QED) is 0.574. The monoisotopic (exact) mass is 266 g/mol. The number of thioether (sulfide) groups is 1. The molecule has 104 valence electrons. The first kappa shape index (κ1) is 17.2. The van der Waals surface area contributed by atoms with Crippen molar-refractivity contribution in [1.82, 2.24) is 0 Å². The Labute approximate surface area is 108 Å². The fourth-order valence-corrected chi connectivity index (χ4v) is 2.32. The van der Waals surface area contributed by atoms with E-state index in [2.05, 4.69) is 0 Å². The van der Waals surface area contributed by atoms with Crippen molar-refractivity contribution in [3.8, 4) is 0 Å². The van der Waals surface area contributed by atoms with Crippen molar-refractivity contribution in [2.45, 2.75) is 38.6 Å². The molecular weight excluding hydrogens is 240 g/mol. The number of aliphatic hydroxyl groups excluding tert-OH is 3. The third-order valence-electron chi connectivity index (χ3n) is 3.06. The largest absolute Gasteiger partial charge is 0.396 e. The smallest absolute Gasteiger partial charge is 0.0876 e. The van der Waals surface area contributed by atoms with Gasteiger partial charge in [-0.25, -0.2) is 0 Å². The van der Waals surface area contributed by atoms with E-state index in [0.29, 0.717) is 6.42 Å². The van der Waals surface area contributed by atoms with Crippen LogP contribution in [0.5, 0.6) is 0 Å². The van der Waals surface area contributed by atoms with Gasteiger partial charge in [-0.05, 0) is 24.3 Å². The van der Waals surface area contributed by atoms with Gasteiger partial charge >= 0.3 is 0 Å². The van der Waals surface area contributed by atoms with Gasteiger partial charge in [-0.2, -0.15) is 11.8 Å². The summed E-state index contributed by atoms with van der Waals surface area (Å²) in [5, 5.41) is 29.4. The van der Waals surface area contributed by atoms with Gasteiger partial charge < -0.3 is 20.1 Å². The maximum atomic E-state index is 10.2. The van der Waals surface area contributed by atoms with E-state index in [1.54, 1.807) is 18.9 Å². The van der Waals surface area contributed by atoms with E-state index in [-0.39, 0.29) is 18.6 Å². The van der Waals surface area contributed by atoms with E-state index in [1.807, 2.05) is 20.1 Å². The van der Waals surface area contributed by atoms with Gasteiger partial charge in [0.15, 0.2) is 0 Å². The third-order valence-corrected chi connectivity index (χ3v) is 3.71. The maximum absolute atomic E-state index is 10.2. The Kier molecular flexibility index (Phi) is 9.27. The van der Waals surface area contributed by atoms with Crippen LogP contribution in [0.2, 0.25) is 0 Å². The zero-order valence-corrected chi connectivity index (χ0v) is 12.0. The first-order valence-electron chi connectivity index (χ1n) is 5.98. The summed E-state index contributed by atoms with van der Waals surface area (Å²) < 4.78 is 5.24. The molecule has 0 saturated carbocycles. The molecule has 0 rings (SSSR count). The summed E-state index contributed by atoms with van der Waals surface area (Å²) in [5.74, 6) is 0.326. The second-order valence-electron chi connectivity index (χ2n) is 4.63. The van der Waals surface area contributed by atoms with Crippen LogP contribution in [0.25, 0.3) is 0 Å². The average Bonchev–Trinajstić information content (AvgIpc) is 2.30. The van der Waals surface area contributed by atoms with Crippen LogP contribution in [0.3, 0.4) is 0 Å². The minimum Gasteiger partial charge on any atom is -0.396 e. The summed E-state index contributed by atoms with van der Waals surface area (Å²) in [4.78, 5) is 0. The highest BCUT2D eigenvalue weighted by atomic mass is 32.2. The van der Waals surface area contributed by atoms with Gasteiger partial charge in [0.2, 0.25) is 0 Å². The molecule has 0 aliphatic heterocycles. The Morgan fingerprint density at radius 3 is 2.12 bits per heavy atom. The molecule has 0 aromatic rings. The lowest BCUT2D eigenvalue weighted by molar-refractivity contribution is -0.0969. The van der Waals surface area contributed by atoms with Gasteiger partial charge in [0.05, 0.1) is 24.9 Å². The molecular formula is C12H26O4S. The van der Waals surface area contributed by atoms with Crippen LogP contribution in [-0.4, -0.2) is 59.4 Å². The topological polar surface area (TPSA) is 69.9 Å². The van der Waals surface area contributed by atoms with E-state index in [4.69, 9.17) is 4.74 Å². The Bertz CT molecular complexity index is 189. The Morgan fingerprint density at radius 1 is 1.18 bits per heavy atom. The number of hydrogen-bond acceptors (Lipinski definition) is 5. The normalized spacial score (nSPS) is 19.1. The van der Waals surface area contributed by atoms with E-state index in [9.17, 15) is 15.3 Å². The van der Waals surface area contributed by atoms with Gasteiger partial charge in [-0.1, -0.05) is 13.8 Å². The predicted octanol–water partition coefficient (Wildman–Crippen LogP) is 0.741. The van der Waals surface area contributed by atoms with Crippen molar-refractivity contribution >= 4 is 11.8 Å². The van der Waals surface area contributed by atoms with Gasteiger partial charge in [0.1, 0.15) is 0 Å². The average molecular weight is 266 g/mol. The minimum absolute atomic E-state index is 0.000133. The highest BCUT2D eigenvalue weighted by molar-refractivity contribution is 7.98. The fourth-order valence-electron chi connectivity index (χ4n) is 1.85. The summed E-state index contributed by atoms with van der Waals surface area (Å²) in [5.41, 5.74) is 0. The van der Waals surface area contributed by atoms with E-state index in [1.165, 1.54) is 0 Å². The van der Waals surface area contributed by atoms with Crippen LogP contribution in [0.15, 0.2) is 0 Å². The van der Waals surface area contributed by atoms with E-state index < -0.39 is 18.1 Å². The SMILES string of the molecule is CO[C@H](CCSC)C(O)C(CO)[C@@H](O)C(C)C. The molecule has 0 aromatic carbocycles. The van der Waals surface area contributed by atoms with E-state index in [0.717, 1.165) is 5.75 Å². The van der Waals surface area contributed by atoms with Crippen molar-refractivity contribution in [1.29, 1.82) is 0 Å². The lowest BCUT2D eigenvalue weighted by Gasteiger charge is -2.32. The number of methoxy groups -OCH3 is 1. The van der Waals surface area contributed by atoms with Gasteiger partial charge in [-0.3, -0.25) is 0 Å². The standard InChI is InChI=1S/C12H26O4S/c1-8(2)11(14)9(7-13)12(15)10(16-3)5-6-17-4/h8-15H,5-7H2,1-4H3/t9?,10-,11+,12?/m1/s1. The summed E-state index contributed by atoms with van der Waals surface area (Å²) in [7, 11) is 1.55. The van der Waals surface area contributed by atoms with Gasteiger partial charge in [-0.15, -0.1) is 0 Å². The Morgan fingerprint density at radius 2 is 1.76 bits per heavy atom. The first-order valence-corrected chi connectivity index (χ1v) is 7.37. The van der Waals surface area contributed by atoms with Crippen LogP contribution in [0.1, 0.15) is 20.3 Å². The molecule has 0 aliphatic rings. The summed E-state index contributed by atoms with van der Waals surface area (Å²) in [6.07, 6.45) is 0.802. The summed E-state index contributed by atoms with van der Waals surface area (Å²) >= 11 is 1.68. The van der Waals surface area contributed by atoms with Crippen molar-refractivity contribution in [3.05, 3.63) is 0 Å². The molecule has 4 nitrogen and oxygen atoms in total. The molecule has 0 bridgehead atoms. The van der Waals surface area contributed by atoms with Crippen molar-refractivity contribution in [2.75, 3.05) is 25.7 Å². The predicted molar refractivity (Wildman–Crippen MR) is 71.2 cm³/mol. The molecule has 2 unspecified atom stereocenters. The summed E-state index contributed by atoms with van der Waals surface area (Å²) in [6, 6.07) is 0. The molecule has 0 aliphatic carbocycles. The molecule has 4 atom stereocenters. The fraction of sp³-hybridized carbons (Fsp3) is 1.00. The zero-order chi connectivity index (χ0) is 13.4. The van der Waals surface area contributed by atoms with Crippen LogP contribution >= 0.6 is 11.8 Å². The number of ether oxygens (including phenoxy) is 1. The van der Waals surface area contributed by atoms with Crippen molar-refractivity contribution in [2.24, 2.45) is 11.8 Å². The molecule has 0 heterocycles. The van der Waals surface area contributed by atoms with Crippen LogP contribution in [0, 0.1) is 11.8 Å². The number of aliphatic hydroxyl groups is 3. The molecule has 0 fully saturated rings. The number of hydrogen-bond donors (Lipinski definition) is 3. The zero-order valence-electron chi connectivity index (χ0n) is 11.2. The lowest BCUT2D eigenvalue weighted by atomic mass is 9.86. The molecule has 0 aromatic heterocycles. The van der Waals surface area contributed by atoms with Gasteiger partial charge in [0.25, 0.3) is 0 Å². The highest BCUT2D eigenvalue weighted by Gasteiger charge is 2.33. The second-order valence-corrected chi connectivity index (χ2v) is 5.61. The Balaban J connectivity index is 4.52. The lowest BCUT2D eigenvalue weighted by Crippen LogP contribution is -2.44. The molecule has 17 heavy (non-hydrogen) atoms. The maximum Gasteiger partial charge on any atom is 0.0876 e. The molecule has 3 N–H and O–H groups in total. The molecule has 0 radical (unpaired) electrons. The van der Waals surface area contributed by atoms with Crippen molar-refractivity contribution < 1.29 is 20.1 Å². The first-order chi connectivity index (χ1) is 7.99. The molecule has 0 spiro atoms. The number of rotatable bonds is 9. The minimum atomic E-state index is -0.838. The molecule has 0 saturated heterocycles. The van der Waals surface area contributed by atoms with Crippen LogP contribution in [0.4, 0.5) is 0 Å². The van der Waals surface area contributed by atoms with Crippen molar-refractivity contribution in [3.63, 3.8) is 0 Å². The van der Waals surface area contributed by atoms with Gasteiger partial charge in [0, 0.05) is 13.0 Å². The Hall–Kier alpha value is 0.190. The molecule has 0 amide bonds. The third kappa shape index (κ3) is 5.57. The highest BCUT2D eigenvalue weighted by Crippen LogP contribution is 2.21. The molecule has 5 heteroatoms. The second kappa shape index (κ2) is 9.16. The van der Waals surface area contributed by atoms with Crippen LogP contribution < -0.4 is 0 Å².